The molecule has 0 unspecified atom stereocenters. The normalized spacial score (nSPS) is 11.6. The fraction of sp³-hybridized carbons (Fsp3) is 0.353. The Bertz CT molecular complexity index is 825. The number of Topliss-reactive ketones (excluding diaryl/α,β-unsaturated/α-hetero) is 1. The molecule has 0 aliphatic carbocycles. The highest BCUT2D eigenvalue weighted by Crippen LogP contribution is 2.26. The Balaban J connectivity index is 1.90. The molecule has 0 spiro atoms. The van der Waals surface area contributed by atoms with E-state index in [1.807, 2.05) is 26.0 Å². The molecule has 7 heteroatoms. The van der Waals surface area contributed by atoms with Crippen molar-refractivity contribution in [2.45, 2.75) is 25.2 Å². The van der Waals surface area contributed by atoms with Gasteiger partial charge in [0.05, 0.1) is 16.9 Å². The Labute approximate surface area is 151 Å². The number of carbonyl (C=O) groups excluding carboxylic acids is 1. The molecule has 1 aromatic carbocycles. The topological polar surface area (TPSA) is 63.2 Å². The Morgan fingerprint density at radius 2 is 1.96 bits per heavy atom. The third kappa shape index (κ3) is 6.05. The molecule has 0 bridgehead atoms. The van der Waals surface area contributed by atoms with Gasteiger partial charge in [0.25, 0.3) is 0 Å². The van der Waals surface area contributed by atoms with Crippen LogP contribution < -0.4 is 4.72 Å². The summed E-state index contributed by atoms with van der Waals surface area (Å²) >= 11 is 3.00. The monoisotopic (exact) mass is 383 g/mol. The van der Waals surface area contributed by atoms with Crippen LogP contribution in [0.25, 0.3) is 0 Å². The quantitative estimate of drug-likeness (QED) is 0.560. The summed E-state index contributed by atoms with van der Waals surface area (Å²) in [5, 5.41) is 0. The molecular formula is C17H21NO3S3. The number of ketones is 1. The van der Waals surface area contributed by atoms with E-state index >= 15 is 0 Å². The molecule has 0 aliphatic rings. The first-order chi connectivity index (χ1) is 11.2. The second-order valence-electron chi connectivity index (χ2n) is 5.66. The van der Waals surface area contributed by atoms with E-state index in [0.29, 0.717) is 18.7 Å². The molecule has 1 N–H and O–H groups in total. The maximum absolute atomic E-state index is 12.3. The number of nitrogens with one attached hydrogen (secondary N) is 1. The van der Waals surface area contributed by atoms with Gasteiger partial charge < -0.3 is 0 Å². The Kier molecular flexibility index (Phi) is 6.62. The molecule has 0 amide bonds. The fourth-order valence-corrected chi connectivity index (χ4v) is 4.62. The van der Waals surface area contributed by atoms with Gasteiger partial charge in [0.2, 0.25) is 10.0 Å². The van der Waals surface area contributed by atoms with Gasteiger partial charge in [0.15, 0.2) is 5.78 Å². The van der Waals surface area contributed by atoms with Crippen molar-refractivity contribution in [3.05, 3.63) is 51.2 Å². The molecule has 0 saturated carbocycles. The zero-order valence-corrected chi connectivity index (χ0v) is 16.4. The van der Waals surface area contributed by atoms with Crippen LogP contribution in [0.15, 0.2) is 35.2 Å². The van der Waals surface area contributed by atoms with Crippen LogP contribution in [-0.2, 0) is 16.4 Å². The molecule has 130 valence electrons. The first-order valence-electron chi connectivity index (χ1n) is 7.51. The van der Waals surface area contributed by atoms with Gasteiger partial charge in [-0.25, -0.2) is 13.1 Å². The summed E-state index contributed by atoms with van der Waals surface area (Å²) in [7, 11) is -3.17. The highest BCUT2D eigenvalue weighted by atomic mass is 32.2. The zero-order chi connectivity index (χ0) is 17.7. The lowest BCUT2D eigenvalue weighted by atomic mass is 10.2. The van der Waals surface area contributed by atoms with Crippen LogP contribution in [0.3, 0.4) is 0 Å². The first kappa shape index (κ1) is 19.2. The van der Waals surface area contributed by atoms with E-state index in [2.05, 4.69) is 22.9 Å². The second kappa shape index (κ2) is 8.29. The van der Waals surface area contributed by atoms with Gasteiger partial charge >= 0.3 is 0 Å². The molecule has 1 heterocycles. The maximum atomic E-state index is 12.3. The van der Waals surface area contributed by atoms with Crippen molar-refractivity contribution in [3.63, 3.8) is 0 Å². The van der Waals surface area contributed by atoms with Gasteiger partial charge in [-0.15, -0.1) is 23.1 Å². The standard InChI is InChI=1S/C17H21NO3S3/c1-12-4-5-13(2)17(10-12)22-11-15(19)16-7-6-14(23-16)8-9-18-24(3,20)21/h4-7,10,18H,8-9,11H2,1-3H3. The smallest absolute Gasteiger partial charge is 0.208 e. The van der Waals surface area contributed by atoms with Crippen molar-refractivity contribution in [3.8, 4) is 0 Å². The average Bonchev–Trinajstić information content (AvgIpc) is 2.95. The van der Waals surface area contributed by atoms with Crippen LogP contribution in [0.4, 0.5) is 0 Å². The number of hydrogen-bond acceptors (Lipinski definition) is 5. The largest absolute Gasteiger partial charge is 0.292 e. The van der Waals surface area contributed by atoms with E-state index in [-0.39, 0.29) is 5.78 Å². The van der Waals surface area contributed by atoms with Gasteiger partial charge in [-0.2, -0.15) is 0 Å². The van der Waals surface area contributed by atoms with E-state index in [4.69, 9.17) is 0 Å². The van der Waals surface area contributed by atoms with Gasteiger partial charge in [-0.1, -0.05) is 17.7 Å². The van der Waals surface area contributed by atoms with Crippen LogP contribution in [0.1, 0.15) is 25.7 Å². The van der Waals surface area contributed by atoms with Crippen molar-refractivity contribution in [2.75, 3.05) is 18.6 Å². The number of sulfonamides is 1. The Hall–Kier alpha value is -1.15. The maximum Gasteiger partial charge on any atom is 0.208 e. The first-order valence-corrected chi connectivity index (χ1v) is 11.2. The summed E-state index contributed by atoms with van der Waals surface area (Å²) in [6.07, 6.45) is 1.73. The third-order valence-electron chi connectivity index (χ3n) is 3.37. The lowest BCUT2D eigenvalue weighted by Crippen LogP contribution is -2.23. The predicted octanol–water partition coefficient (Wildman–Crippen LogP) is 3.43. The lowest BCUT2D eigenvalue weighted by molar-refractivity contribution is 0.102. The number of hydrogen-bond donors (Lipinski definition) is 1. The van der Waals surface area contributed by atoms with Crippen LogP contribution in [0.2, 0.25) is 0 Å². The van der Waals surface area contributed by atoms with E-state index in [0.717, 1.165) is 20.9 Å². The molecule has 1 aromatic heterocycles. The molecular weight excluding hydrogens is 362 g/mol. The van der Waals surface area contributed by atoms with Gasteiger partial charge in [0.1, 0.15) is 0 Å². The highest BCUT2D eigenvalue weighted by molar-refractivity contribution is 8.00. The van der Waals surface area contributed by atoms with Crippen LogP contribution in [-0.4, -0.2) is 32.8 Å². The van der Waals surface area contributed by atoms with Crippen molar-refractivity contribution < 1.29 is 13.2 Å². The molecule has 24 heavy (non-hydrogen) atoms. The zero-order valence-electron chi connectivity index (χ0n) is 14.0. The minimum absolute atomic E-state index is 0.105. The van der Waals surface area contributed by atoms with Crippen molar-refractivity contribution in [1.82, 2.24) is 4.72 Å². The summed E-state index contributed by atoms with van der Waals surface area (Å²) in [5.41, 5.74) is 2.37. The summed E-state index contributed by atoms with van der Waals surface area (Å²) < 4.78 is 24.5. The number of carbonyl (C=O) groups is 1. The molecule has 2 aromatic rings. The molecule has 0 aliphatic heterocycles. The molecule has 0 atom stereocenters. The summed E-state index contributed by atoms with van der Waals surface area (Å²) in [6.45, 7) is 4.44. The van der Waals surface area contributed by atoms with E-state index in [1.54, 1.807) is 11.8 Å². The fourth-order valence-electron chi connectivity index (χ4n) is 2.10. The van der Waals surface area contributed by atoms with Crippen LogP contribution in [0.5, 0.6) is 0 Å². The minimum Gasteiger partial charge on any atom is -0.292 e. The number of thioether (sulfide) groups is 1. The second-order valence-corrected chi connectivity index (χ2v) is 9.68. The summed E-state index contributed by atoms with van der Waals surface area (Å²) in [6, 6.07) is 9.96. The molecule has 0 fully saturated rings. The van der Waals surface area contributed by atoms with Gasteiger partial charge in [-0.05, 0) is 44.0 Å². The number of thiophene rings is 1. The lowest BCUT2D eigenvalue weighted by Gasteiger charge is -2.05. The van der Waals surface area contributed by atoms with E-state index in [1.165, 1.54) is 22.5 Å². The highest BCUT2D eigenvalue weighted by Gasteiger charge is 2.11. The molecule has 2 rings (SSSR count). The number of aryl methyl sites for hydroxylation is 2. The summed E-state index contributed by atoms with van der Waals surface area (Å²) in [4.78, 5) is 15.2. The Morgan fingerprint density at radius 1 is 1.21 bits per heavy atom. The predicted molar refractivity (Wildman–Crippen MR) is 102 cm³/mol. The molecule has 0 radical (unpaired) electrons. The van der Waals surface area contributed by atoms with Gasteiger partial charge in [-0.3, -0.25) is 4.79 Å². The van der Waals surface area contributed by atoms with Crippen LogP contribution >= 0.6 is 23.1 Å². The number of benzene rings is 1. The van der Waals surface area contributed by atoms with Gasteiger partial charge in [0, 0.05) is 16.3 Å². The Morgan fingerprint density at radius 3 is 2.67 bits per heavy atom. The minimum atomic E-state index is -3.17. The average molecular weight is 384 g/mol. The molecule has 4 nitrogen and oxygen atoms in total. The van der Waals surface area contributed by atoms with Crippen LogP contribution in [0, 0.1) is 13.8 Å². The van der Waals surface area contributed by atoms with Crippen molar-refractivity contribution >= 4 is 38.9 Å². The third-order valence-corrected chi connectivity index (χ3v) is 6.45. The molecule has 0 saturated heterocycles. The summed E-state index contributed by atoms with van der Waals surface area (Å²) in [5.74, 6) is 0.513. The van der Waals surface area contributed by atoms with Crippen molar-refractivity contribution in [1.29, 1.82) is 0 Å². The van der Waals surface area contributed by atoms with Crippen molar-refractivity contribution in [2.24, 2.45) is 0 Å². The number of rotatable bonds is 8. The van der Waals surface area contributed by atoms with E-state index in [9.17, 15) is 13.2 Å². The van der Waals surface area contributed by atoms with E-state index < -0.39 is 10.0 Å². The SMILES string of the molecule is Cc1ccc(C)c(SCC(=O)c2ccc(CCNS(C)(=O)=O)s2)c1.